The van der Waals surface area contributed by atoms with Crippen LogP contribution in [0.2, 0.25) is 0 Å². The smallest absolute Gasteiger partial charge is 0.0656 e. The summed E-state index contributed by atoms with van der Waals surface area (Å²) < 4.78 is 3.35. The van der Waals surface area contributed by atoms with E-state index >= 15 is 0 Å². The van der Waals surface area contributed by atoms with Gasteiger partial charge in [0.2, 0.25) is 0 Å². The third-order valence-electron chi connectivity index (χ3n) is 3.02. The Labute approximate surface area is 126 Å². The Morgan fingerprint density at radius 3 is 2.78 bits per heavy atom. The molecule has 0 aliphatic heterocycles. The summed E-state index contributed by atoms with van der Waals surface area (Å²) in [5.74, 6) is 0. The van der Waals surface area contributed by atoms with E-state index in [9.17, 15) is 0 Å². The van der Waals surface area contributed by atoms with E-state index in [1.165, 1.54) is 14.1 Å². The zero-order valence-corrected chi connectivity index (χ0v) is 13.7. The normalized spacial score (nSPS) is 12.9. The lowest BCUT2D eigenvalue weighted by atomic mass is 10.1. The SMILES string of the molecule is CCc1cc(CC(N)c2csc(I)c2)n(CC)n1. The maximum absolute atomic E-state index is 6.28. The molecule has 0 amide bonds. The first-order chi connectivity index (χ1) is 8.63. The van der Waals surface area contributed by atoms with Crippen molar-refractivity contribution in [3.05, 3.63) is 37.3 Å². The van der Waals surface area contributed by atoms with Gasteiger partial charge in [0.15, 0.2) is 0 Å². The van der Waals surface area contributed by atoms with Crippen LogP contribution >= 0.6 is 33.9 Å². The van der Waals surface area contributed by atoms with E-state index < -0.39 is 0 Å². The van der Waals surface area contributed by atoms with Crippen molar-refractivity contribution in [3.63, 3.8) is 0 Å². The van der Waals surface area contributed by atoms with Gasteiger partial charge in [-0.1, -0.05) is 6.92 Å². The molecule has 0 aromatic carbocycles. The molecule has 98 valence electrons. The summed E-state index contributed by atoms with van der Waals surface area (Å²) in [5, 5.41) is 6.71. The fourth-order valence-electron chi connectivity index (χ4n) is 1.99. The second-order valence-corrected chi connectivity index (χ2v) is 7.10. The van der Waals surface area contributed by atoms with Gasteiger partial charge in [-0.25, -0.2) is 0 Å². The van der Waals surface area contributed by atoms with Gasteiger partial charge in [0, 0.05) is 24.7 Å². The van der Waals surface area contributed by atoms with Gasteiger partial charge >= 0.3 is 0 Å². The molecule has 3 nitrogen and oxygen atoms in total. The van der Waals surface area contributed by atoms with Gasteiger partial charge in [-0.05, 0) is 59.0 Å². The van der Waals surface area contributed by atoms with Crippen molar-refractivity contribution in [2.24, 2.45) is 5.73 Å². The summed E-state index contributed by atoms with van der Waals surface area (Å²) in [7, 11) is 0. The maximum Gasteiger partial charge on any atom is 0.0656 e. The van der Waals surface area contributed by atoms with E-state index in [2.05, 4.69) is 63.7 Å². The van der Waals surface area contributed by atoms with Gasteiger partial charge < -0.3 is 5.73 Å². The Morgan fingerprint density at radius 2 is 2.22 bits per heavy atom. The van der Waals surface area contributed by atoms with Crippen molar-refractivity contribution in [2.75, 3.05) is 0 Å². The minimum atomic E-state index is 0.0662. The molecule has 0 saturated carbocycles. The minimum absolute atomic E-state index is 0.0662. The number of halogens is 1. The highest BCUT2D eigenvalue weighted by Crippen LogP contribution is 2.23. The summed E-state index contributed by atoms with van der Waals surface area (Å²) in [6.45, 7) is 5.16. The molecule has 0 bridgehead atoms. The van der Waals surface area contributed by atoms with Crippen LogP contribution in [-0.2, 0) is 19.4 Å². The second kappa shape index (κ2) is 6.16. The number of hydrogen-bond donors (Lipinski definition) is 1. The fraction of sp³-hybridized carbons (Fsp3) is 0.462. The number of rotatable bonds is 5. The largest absolute Gasteiger partial charge is 0.324 e. The average Bonchev–Trinajstić information content (AvgIpc) is 2.95. The molecule has 0 fully saturated rings. The van der Waals surface area contributed by atoms with Crippen LogP contribution in [-0.4, -0.2) is 9.78 Å². The Kier molecular flexibility index (Phi) is 4.80. The zero-order chi connectivity index (χ0) is 13.1. The molecule has 1 atom stereocenters. The van der Waals surface area contributed by atoms with Crippen molar-refractivity contribution < 1.29 is 0 Å². The third-order valence-corrected chi connectivity index (χ3v) is 4.83. The fourth-order valence-corrected chi connectivity index (χ4v) is 3.42. The van der Waals surface area contributed by atoms with E-state index in [4.69, 9.17) is 5.73 Å². The molecule has 2 heterocycles. The van der Waals surface area contributed by atoms with E-state index in [0.29, 0.717) is 0 Å². The first-order valence-electron chi connectivity index (χ1n) is 6.19. The van der Waals surface area contributed by atoms with Crippen LogP contribution in [0.15, 0.2) is 17.5 Å². The molecule has 18 heavy (non-hydrogen) atoms. The summed E-state index contributed by atoms with van der Waals surface area (Å²) in [4.78, 5) is 0. The van der Waals surface area contributed by atoms with Crippen LogP contribution in [0.4, 0.5) is 0 Å². The Hall–Kier alpha value is -0.400. The number of aromatic nitrogens is 2. The van der Waals surface area contributed by atoms with E-state index in [0.717, 1.165) is 25.1 Å². The van der Waals surface area contributed by atoms with Gasteiger partial charge in [0.25, 0.3) is 0 Å². The molecule has 0 saturated heterocycles. The summed E-state index contributed by atoms with van der Waals surface area (Å²) in [6.07, 6.45) is 1.83. The summed E-state index contributed by atoms with van der Waals surface area (Å²) >= 11 is 4.08. The molecular formula is C13H18IN3S. The highest BCUT2D eigenvalue weighted by molar-refractivity contribution is 14.1. The molecule has 0 aliphatic carbocycles. The monoisotopic (exact) mass is 375 g/mol. The van der Waals surface area contributed by atoms with Gasteiger partial charge in [0.1, 0.15) is 0 Å². The predicted molar refractivity (Wildman–Crippen MR) is 84.9 cm³/mol. The molecule has 1 unspecified atom stereocenters. The quantitative estimate of drug-likeness (QED) is 0.815. The first kappa shape index (κ1) is 14.0. The van der Waals surface area contributed by atoms with E-state index in [1.807, 2.05) is 0 Å². The van der Waals surface area contributed by atoms with Gasteiger partial charge in [-0.15, -0.1) is 11.3 Å². The Morgan fingerprint density at radius 1 is 1.44 bits per heavy atom. The van der Waals surface area contributed by atoms with Crippen molar-refractivity contribution in [2.45, 2.75) is 39.3 Å². The number of nitrogens with two attached hydrogens (primary N) is 1. The number of hydrogen-bond acceptors (Lipinski definition) is 3. The van der Waals surface area contributed by atoms with Crippen molar-refractivity contribution in [3.8, 4) is 0 Å². The highest BCUT2D eigenvalue weighted by Gasteiger charge is 2.13. The molecule has 0 aliphatic rings. The van der Waals surface area contributed by atoms with Crippen LogP contribution in [0.3, 0.4) is 0 Å². The summed E-state index contributed by atoms with van der Waals surface area (Å²) in [6, 6.07) is 4.42. The highest BCUT2D eigenvalue weighted by atomic mass is 127. The van der Waals surface area contributed by atoms with Crippen LogP contribution in [0, 0.1) is 2.88 Å². The molecule has 5 heteroatoms. The van der Waals surface area contributed by atoms with Crippen LogP contribution in [0.25, 0.3) is 0 Å². The summed E-state index contributed by atoms with van der Waals surface area (Å²) in [5.41, 5.74) is 9.90. The number of aryl methyl sites for hydroxylation is 2. The minimum Gasteiger partial charge on any atom is -0.324 e. The van der Waals surface area contributed by atoms with Gasteiger partial charge in [-0.3, -0.25) is 4.68 Å². The molecule has 2 rings (SSSR count). The number of nitrogens with zero attached hydrogens (tertiary/aromatic N) is 2. The molecule has 2 aromatic rings. The van der Waals surface area contributed by atoms with Crippen molar-refractivity contribution in [1.29, 1.82) is 0 Å². The molecule has 0 spiro atoms. The predicted octanol–water partition coefficient (Wildman–Crippen LogP) is 3.37. The van der Waals surface area contributed by atoms with Crippen molar-refractivity contribution >= 4 is 33.9 Å². The maximum atomic E-state index is 6.28. The van der Waals surface area contributed by atoms with E-state index in [-0.39, 0.29) is 6.04 Å². The number of thiophene rings is 1. The average molecular weight is 375 g/mol. The van der Waals surface area contributed by atoms with Gasteiger partial charge in [0.05, 0.1) is 8.58 Å². The first-order valence-corrected chi connectivity index (χ1v) is 8.15. The van der Waals surface area contributed by atoms with Crippen molar-refractivity contribution in [1.82, 2.24) is 9.78 Å². The molecule has 2 N–H and O–H groups in total. The lowest BCUT2D eigenvalue weighted by Crippen LogP contribution is -2.15. The standard InChI is InChI=1S/C13H18IN3S/c1-3-10-6-11(17(4-2)16-10)7-12(15)9-5-13(14)18-8-9/h5-6,8,12H,3-4,7,15H2,1-2H3. The lowest BCUT2D eigenvalue weighted by Gasteiger charge is -2.10. The topological polar surface area (TPSA) is 43.8 Å². The third kappa shape index (κ3) is 3.13. The van der Waals surface area contributed by atoms with E-state index in [1.54, 1.807) is 11.3 Å². The Balaban J connectivity index is 2.15. The van der Waals surface area contributed by atoms with Crippen LogP contribution in [0.1, 0.15) is 36.8 Å². The molecular weight excluding hydrogens is 357 g/mol. The molecule has 2 aromatic heterocycles. The van der Waals surface area contributed by atoms with Gasteiger partial charge in [-0.2, -0.15) is 5.10 Å². The molecule has 0 radical (unpaired) electrons. The lowest BCUT2D eigenvalue weighted by molar-refractivity contribution is 0.586. The van der Waals surface area contributed by atoms with Crippen LogP contribution < -0.4 is 5.73 Å². The zero-order valence-electron chi connectivity index (χ0n) is 10.7. The van der Waals surface area contributed by atoms with Crippen LogP contribution in [0.5, 0.6) is 0 Å². The second-order valence-electron chi connectivity index (χ2n) is 4.29. The Bertz CT molecular complexity index is 518.